The van der Waals surface area contributed by atoms with Crippen molar-refractivity contribution in [1.82, 2.24) is 5.32 Å². The largest absolute Gasteiger partial charge is 0.351 e. The summed E-state index contributed by atoms with van der Waals surface area (Å²) in [5.41, 5.74) is 1.98. The Morgan fingerprint density at radius 1 is 1.03 bits per heavy atom. The van der Waals surface area contributed by atoms with E-state index in [9.17, 15) is 13.2 Å². The molecule has 3 rings (SSSR count). The van der Waals surface area contributed by atoms with Crippen LogP contribution >= 0.6 is 23.1 Å². The number of thiophene rings is 1. The summed E-state index contributed by atoms with van der Waals surface area (Å²) in [7, 11) is -3.70. The second kappa shape index (κ2) is 9.96. The maximum absolute atomic E-state index is 12.5. The van der Waals surface area contributed by atoms with Crippen LogP contribution in [-0.4, -0.2) is 26.6 Å². The quantitative estimate of drug-likeness (QED) is 0.474. The first-order valence-electron chi connectivity index (χ1n) is 9.02. The number of anilines is 1. The van der Waals surface area contributed by atoms with Crippen molar-refractivity contribution in [1.29, 1.82) is 0 Å². The zero-order valence-corrected chi connectivity index (χ0v) is 18.4. The molecule has 152 valence electrons. The first-order valence-corrected chi connectivity index (χ1v) is 12.5. The van der Waals surface area contributed by atoms with E-state index in [2.05, 4.69) is 21.5 Å². The van der Waals surface area contributed by atoms with E-state index in [-0.39, 0.29) is 10.8 Å². The molecule has 8 heteroatoms. The summed E-state index contributed by atoms with van der Waals surface area (Å²) in [6, 6.07) is 17.2. The summed E-state index contributed by atoms with van der Waals surface area (Å²) in [6.45, 7) is 2.49. The molecular formula is C21H22N2O3S3. The Hall–Kier alpha value is -2.29. The molecule has 1 aromatic heterocycles. The fourth-order valence-electron chi connectivity index (χ4n) is 2.53. The van der Waals surface area contributed by atoms with Gasteiger partial charge < -0.3 is 5.32 Å². The van der Waals surface area contributed by atoms with Crippen LogP contribution in [0.3, 0.4) is 0 Å². The Kier molecular flexibility index (Phi) is 7.35. The summed E-state index contributed by atoms with van der Waals surface area (Å²) in [5.74, 6) is 1.54. The Labute approximate surface area is 179 Å². The van der Waals surface area contributed by atoms with E-state index in [1.807, 2.05) is 25.1 Å². The number of nitrogens with one attached hydrogen (secondary N) is 2. The lowest BCUT2D eigenvalue weighted by atomic mass is 10.2. The molecule has 2 aromatic carbocycles. The number of amides is 1. The average molecular weight is 447 g/mol. The number of rotatable bonds is 9. The molecule has 0 radical (unpaired) electrons. The number of thioether (sulfide) groups is 1. The Bertz CT molecular complexity index is 1030. The maximum Gasteiger partial charge on any atom is 0.261 e. The van der Waals surface area contributed by atoms with Gasteiger partial charge in [-0.2, -0.15) is 11.8 Å². The van der Waals surface area contributed by atoms with Gasteiger partial charge in [0.05, 0.1) is 4.90 Å². The van der Waals surface area contributed by atoms with Crippen LogP contribution in [0, 0.1) is 6.92 Å². The van der Waals surface area contributed by atoms with Crippen molar-refractivity contribution < 1.29 is 13.2 Å². The molecule has 29 heavy (non-hydrogen) atoms. The predicted molar refractivity (Wildman–Crippen MR) is 121 cm³/mol. The van der Waals surface area contributed by atoms with Gasteiger partial charge in [0.1, 0.15) is 0 Å². The van der Waals surface area contributed by atoms with Crippen LogP contribution in [0.2, 0.25) is 0 Å². The summed E-state index contributed by atoms with van der Waals surface area (Å²) >= 11 is 3.49. The van der Waals surface area contributed by atoms with Crippen molar-refractivity contribution in [3.63, 3.8) is 0 Å². The molecule has 0 spiro atoms. The molecule has 0 saturated carbocycles. The number of carbonyl (C=O) groups is 1. The molecule has 0 atom stereocenters. The number of aryl methyl sites for hydroxylation is 1. The highest BCUT2D eigenvalue weighted by atomic mass is 32.2. The van der Waals surface area contributed by atoms with E-state index in [4.69, 9.17) is 0 Å². The number of hydrogen-bond donors (Lipinski definition) is 2. The van der Waals surface area contributed by atoms with Crippen LogP contribution in [0.5, 0.6) is 0 Å². The zero-order chi connectivity index (χ0) is 20.7. The van der Waals surface area contributed by atoms with E-state index in [1.54, 1.807) is 35.2 Å². The van der Waals surface area contributed by atoms with Gasteiger partial charge in [-0.3, -0.25) is 9.52 Å². The summed E-state index contributed by atoms with van der Waals surface area (Å²) in [6.07, 6.45) is 0. The standard InChI is InChI=1S/C21H22N2O3S3/c1-16-4-8-18(9-5-16)23-29(25,26)20-10-6-17(7-11-20)21(24)22-12-14-27-15-19-3-2-13-28-19/h2-11,13,23H,12,14-15H2,1H3,(H,22,24). The first kappa shape index (κ1) is 21.4. The molecule has 0 fully saturated rings. The van der Waals surface area contributed by atoms with Crippen molar-refractivity contribution in [3.8, 4) is 0 Å². The Morgan fingerprint density at radius 2 is 1.76 bits per heavy atom. The highest BCUT2D eigenvalue weighted by Gasteiger charge is 2.15. The molecule has 0 unspecified atom stereocenters. The van der Waals surface area contributed by atoms with Gasteiger partial charge in [0.2, 0.25) is 0 Å². The molecular weight excluding hydrogens is 424 g/mol. The van der Waals surface area contributed by atoms with Crippen molar-refractivity contribution in [2.75, 3.05) is 17.0 Å². The van der Waals surface area contributed by atoms with Crippen molar-refractivity contribution in [2.45, 2.75) is 17.6 Å². The normalized spacial score (nSPS) is 11.2. The van der Waals surface area contributed by atoms with Crippen molar-refractivity contribution in [3.05, 3.63) is 82.0 Å². The van der Waals surface area contributed by atoms with Gasteiger partial charge in [-0.1, -0.05) is 23.8 Å². The van der Waals surface area contributed by atoms with E-state index in [1.165, 1.54) is 29.1 Å². The summed E-state index contributed by atoms with van der Waals surface area (Å²) in [4.78, 5) is 13.7. The van der Waals surface area contributed by atoms with Crippen LogP contribution < -0.4 is 10.0 Å². The van der Waals surface area contributed by atoms with Gasteiger partial charge >= 0.3 is 0 Å². The van der Waals surface area contributed by atoms with Gasteiger partial charge in [0.15, 0.2) is 0 Å². The van der Waals surface area contributed by atoms with E-state index < -0.39 is 10.0 Å². The van der Waals surface area contributed by atoms with Crippen LogP contribution in [0.25, 0.3) is 0 Å². The number of carbonyl (C=O) groups excluding carboxylic acids is 1. The fourth-order valence-corrected chi connectivity index (χ4v) is 5.29. The minimum absolute atomic E-state index is 0.112. The monoisotopic (exact) mass is 446 g/mol. The maximum atomic E-state index is 12.5. The third-order valence-corrected chi connectivity index (χ3v) is 7.55. The second-order valence-electron chi connectivity index (χ2n) is 6.38. The third kappa shape index (κ3) is 6.35. The van der Waals surface area contributed by atoms with Gasteiger partial charge in [0, 0.05) is 34.2 Å². The SMILES string of the molecule is Cc1ccc(NS(=O)(=O)c2ccc(C(=O)NCCSCc3cccs3)cc2)cc1. The van der Waals surface area contributed by atoms with Gasteiger partial charge in [-0.25, -0.2) is 8.42 Å². The predicted octanol–water partition coefficient (Wildman–Crippen LogP) is 4.52. The van der Waals surface area contributed by atoms with Crippen LogP contribution in [0.4, 0.5) is 5.69 Å². The second-order valence-corrected chi connectivity index (χ2v) is 10.2. The Morgan fingerprint density at radius 3 is 2.41 bits per heavy atom. The van der Waals surface area contributed by atoms with E-state index >= 15 is 0 Å². The molecule has 2 N–H and O–H groups in total. The number of sulfonamides is 1. The lowest BCUT2D eigenvalue weighted by Gasteiger charge is -2.09. The highest BCUT2D eigenvalue weighted by molar-refractivity contribution is 7.98. The Balaban J connectivity index is 1.50. The molecule has 0 bridgehead atoms. The topological polar surface area (TPSA) is 75.3 Å². The highest BCUT2D eigenvalue weighted by Crippen LogP contribution is 2.18. The van der Waals surface area contributed by atoms with Crippen molar-refractivity contribution in [2.24, 2.45) is 0 Å². The van der Waals surface area contributed by atoms with Gasteiger partial charge in [-0.15, -0.1) is 11.3 Å². The van der Waals surface area contributed by atoms with Gasteiger partial charge in [-0.05, 0) is 54.8 Å². The third-order valence-electron chi connectivity index (χ3n) is 4.09. The van der Waals surface area contributed by atoms with Crippen LogP contribution in [0.15, 0.2) is 70.9 Å². The lowest BCUT2D eigenvalue weighted by molar-refractivity contribution is 0.0956. The van der Waals surface area contributed by atoms with Crippen LogP contribution in [0.1, 0.15) is 20.8 Å². The molecule has 0 aliphatic carbocycles. The molecule has 5 nitrogen and oxygen atoms in total. The average Bonchev–Trinajstić information content (AvgIpc) is 3.23. The fraction of sp³-hybridized carbons (Fsp3) is 0.190. The van der Waals surface area contributed by atoms with E-state index in [0.29, 0.717) is 17.8 Å². The number of benzene rings is 2. The van der Waals surface area contributed by atoms with Gasteiger partial charge in [0.25, 0.3) is 15.9 Å². The van der Waals surface area contributed by atoms with E-state index in [0.717, 1.165) is 17.1 Å². The van der Waals surface area contributed by atoms with Crippen LogP contribution in [-0.2, 0) is 15.8 Å². The summed E-state index contributed by atoms with van der Waals surface area (Å²) < 4.78 is 27.5. The molecule has 0 aliphatic heterocycles. The molecule has 3 aromatic rings. The minimum atomic E-state index is -3.70. The first-order chi connectivity index (χ1) is 13.9. The summed E-state index contributed by atoms with van der Waals surface area (Å²) in [5, 5.41) is 4.91. The number of hydrogen-bond acceptors (Lipinski definition) is 5. The lowest BCUT2D eigenvalue weighted by Crippen LogP contribution is -2.25. The smallest absolute Gasteiger partial charge is 0.261 e. The molecule has 0 saturated heterocycles. The molecule has 1 heterocycles. The van der Waals surface area contributed by atoms with Crippen molar-refractivity contribution >= 4 is 44.7 Å². The minimum Gasteiger partial charge on any atom is -0.351 e. The zero-order valence-electron chi connectivity index (χ0n) is 15.9. The molecule has 1 amide bonds. The molecule has 0 aliphatic rings.